The molecule has 5 heteroatoms. The zero-order chi connectivity index (χ0) is 13.0. The smallest absolute Gasteiger partial charge is 0.261 e. The minimum Gasteiger partial charge on any atom is -0.484 e. The van der Waals surface area contributed by atoms with Crippen LogP contribution in [0.4, 0.5) is 0 Å². The van der Waals surface area contributed by atoms with E-state index in [0.717, 1.165) is 12.8 Å². The quantitative estimate of drug-likeness (QED) is 0.767. The Kier molecular flexibility index (Phi) is 4.06. The van der Waals surface area contributed by atoms with Crippen LogP contribution in [0.1, 0.15) is 12.8 Å². The van der Waals surface area contributed by atoms with Gasteiger partial charge in [0.15, 0.2) is 6.61 Å². The van der Waals surface area contributed by atoms with Crippen molar-refractivity contribution in [2.45, 2.75) is 18.9 Å². The van der Waals surface area contributed by atoms with Crippen LogP contribution in [0, 0.1) is 11.3 Å². The highest BCUT2D eigenvalue weighted by Crippen LogP contribution is 2.26. The van der Waals surface area contributed by atoms with Gasteiger partial charge in [-0.05, 0) is 37.1 Å². The van der Waals surface area contributed by atoms with Gasteiger partial charge in [0.25, 0.3) is 5.91 Å². The Morgan fingerprint density at radius 1 is 1.44 bits per heavy atom. The van der Waals surface area contributed by atoms with Gasteiger partial charge in [0.1, 0.15) is 12.3 Å². The van der Waals surface area contributed by atoms with Gasteiger partial charge in [0.2, 0.25) is 0 Å². The third-order valence-electron chi connectivity index (χ3n) is 2.72. The van der Waals surface area contributed by atoms with Crippen molar-refractivity contribution >= 4 is 17.5 Å². The van der Waals surface area contributed by atoms with Crippen molar-refractivity contribution in [3.8, 4) is 11.8 Å². The van der Waals surface area contributed by atoms with Crippen molar-refractivity contribution in [1.82, 2.24) is 4.90 Å². The van der Waals surface area contributed by atoms with Crippen LogP contribution < -0.4 is 4.74 Å². The standard InChI is InChI=1S/C13H13ClN2O2/c14-10-1-5-12(6-2-10)18-9-13(17)16(8-7-15)11-3-4-11/h1-2,5-6,11H,3-4,8-9H2. The molecular weight excluding hydrogens is 252 g/mol. The van der Waals surface area contributed by atoms with E-state index in [1.807, 2.05) is 6.07 Å². The van der Waals surface area contributed by atoms with Gasteiger partial charge in [-0.3, -0.25) is 4.79 Å². The Bertz CT molecular complexity index is 463. The van der Waals surface area contributed by atoms with Gasteiger partial charge < -0.3 is 9.64 Å². The summed E-state index contributed by atoms with van der Waals surface area (Å²) in [4.78, 5) is 13.5. The van der Waals surface area contributed by atoms with Crippen molar-refractivity contribution in [1.29, 1.82) is 5.26 Å². The zero-order valence-electron chi connectivity index (χ0n) is 9.80. The van der Waals surface area contributed by atoms with E-state index in [4.69, 9.17) is 21.6 Å². The molecule has 94 valence electrons. The molecule has 0 spiro atoms. The topological polar surface area (TPSA) is 53.3 Å². The van der Waals surface area contributed by atoms with E-state index in [0.29, 0.717) is 10.8 Å². The molecule has 0 radical (unpaired) electrons. The molecule has 1 fully saturated rings. The van der Waals surface area contributed by atoms with Crippen LogP contribution in [0.5, 0.6) is 5.75 Å². The molecule has 0 N–H and O–H groups in total. The normalized spacial score (nSPS) is 13.8. The second-order valence-electron chi connectivity index (χ2n) is 4.15. The molecule has 0 aliphatic heterocycles. The molecule has 2 rings (SSSR count). The lowest BCUT2D eigenvalue weighted by molar-refractivity contribution is -0.133. The predicted molar refractivity (Wildman–Crippen MR) is 67.3 cm³/mol. The molecule has 4 nitrogen and oxygen atoms in total. The van der Waals surface area contributed by atoms with Gasteiger partial charge in [-0.2, -0.15) is 5.26 Å². The zero-order valence-corrected chi connectivity index (χ0v) is 10.6. The Hall–Kier alpha value is -1.73. The number of hydrogen-bond donors (Lipinski definition) is 0. The van der Waals surface area contributed by atoms with E-state index in [2.05, 4.69) is 0 Å². The second kappa shape index (κ2) is 5.74. The Morgan fingerprint density at radius 2 is 2.11 bits per heavy atom. The number of carbonyl (C=O) groups excluding carboxylic acids is 1. The number of ether oxygens (including phenoxy) is 1. The number of amides is 1. The lowest BCUT2D eigenvalue weighted by atomic mass is 10.3. The van der Waals surface area contributed by atoms with Crippen LogP contribution in [-0.2, 0) is 4.79 Å². The lowest BCUT2D eigenvalue weighted by Crippen LogP contribution is -2.37. The molecule has 0 atom stereocenters. The molecule has 0 heterocycles. The van der Waals surface area contributed by atoms with E-state index in [1.54, 1.807) is 29.2 Å². The van der Waals surface area contributed by atoms with Gasteiger partial charge in [0.05, 0.1) is 6.07 Å². The van der Waals surface area contributed by atoms with Crippen LogP contribution in [0.15, 0.2) is 24.3 Å². The first-order valence-corrected chi connectivity index (χ1v) is 6.13. The number of benzene rings is 1. The Labute approximate surface area is 111 Å². The molecular formula is C13H13ClN2O2. The summed E-state index contributed by atoms with van der Waals surface area (Å²) in [6, 6.07) is 9.06. The molecule has 0 unspecified atom stereocenters. The average molecular weight is 265 g/mol. The average Bonchev–Trinajstić information content (AvgIpc) is 3.19. The summed E-state index contributed by atoms with van der Waals surface area (Å²) in [6.07, 6.45) is 1.96. The van der Waals surface area contributed by atoms with E-state index < -0.39 is 0 Å². The number of hydrogen-bond acceptors (Lipinski definition) is 3. The number of nitriles is 1. The van der Waals surface area contributed by atoms with Crippen molar-refractivity contribution in [3.63, 3.8) is 0 Å². The van der Waals surface area contributed by atoms with Crippen molar-refractivity contribution in [2.75, 3.05) is 13.2 Å². The van der Waals surface area contributed by atoms with Crippen LogP contribution in [0.2, 0.25) is 5.02 Å². The highest BCUT2D eigenvalue weighted by atomic mass is 35.5. The fraction of sp³-hybridized carbons (Fsp3) is 0.385. The molecule has 0 aromatic heterocycles. The first kappa shape index (κ1) is 12.7. The Balaban J connectivity index is 1.87. The molecule has 1 aromatic carbocycles. The van der Waals surface area contributed by atoms with Crippen LogP contribution in [0.25, 0.3) is 0 Å². The number of nitrogens with zero attached hydrogens (tertiary/aromatic N) is 2. The molecule has 0 saturated heterocycles. The number of rotatable bonds is 5. The van der Waals surface area contributed by atoms with Crippen LogP contribution >= 0.6 is 11.6 Å². The minimum absolute atomic E-state index is 0.0419. The maximum atomic E-state index is 11.9. The molecule has 18 heavy (non-hydrogen) atoms. The predicted octanol–water partition coefficient (Wildman–Crippen LogP) is 2.23. The SMILES string of the molecule is N#CCN(C(=O)COc1ccc(Cl)cc1)C1CC1. The maximum absolute atomic E-state index is 11.9. The van der Waals surface area contributed by atoms with Gasteiger partial charge in [-0.25, -0.2) is 0 Å². The second-order valence-corrected chi connectivity index (χ2v) is 4.59. The van der Waals surface area contributed by atoms with Gasteiger partial charge in [0, 0.05) is 11.1 Å². The van der Waals surface area contributed by atoms with Gasteiger partial charge >= 0.3 is 0 Å². The fourth-order valence-electron chi connectivity index (χ4n) is 1.64. The molecule has 1 aromatic rings. The van der Waals surface area contributed by atoms with E-state index in [1.165, 1.54) is 0 Å². The highest BCUT2D eigenvalue weighted by Gasteiger charge is 2.32. The molecule has 0 bridgehead atoms. The Morgan fingerprint density at radius 3 is 2.67 bits per heavy atom. The maximum Gasteiger partial charge on any atom is 0.261 e. The highest BCUT2D eigenvalue weighted by molar-refractivity contribution is 6.30. The number of halogens is 1. The first-order chi connectivity index (χ1) is 8.70. The summed E-state index contributed by atoms with van der Waals surface area (Å²) in [5.41, 5.74) is 0. The summed E-state index contributed by atoms with van der Waals surface area (Å²) in [6.45, 7) is 0.0906. The molecule has 1 saturated carbocycles. The molecule has 1 aliphatic carbocycles. The van der Waals surface area contributed by atoms with Crippen molar-refractivity contribution in [2.24, 2.45) is 0 Å². The largest absolute Gasteiger partial charge is 0.484 e. The summed E-state index contributed by atoms with van der Waals surface area (Å²) < 4.78 is 5.37. The van der Waals surface area contributed by atoms with Crippen LogP contribution in [0.3, 0.4) is 0 Å². The summed E-state index contributed by atoms with van der Waals surface area (Å²) in [7, 11) is 0. The van der Waals surface area contributed by atoms with Gasteiger partial charge in [-0.1, -0.05) is 11.6 Å². The first-order valence-electron chi connectivity index (χ1n) is 5.75. The van der Waals surface area contributed by atoms with Crippen molar-refractivity contribution < 1.29 is 9.53 Å². The number of carbonyl (C=O) groups is 1. The van der Waals surface area contributed by atoms with E-state index >= 15 is 0 Å². The van der Waals surface area contributed by atoms with Crippen molar-refractivity contribution in [3.05, 3.63) is 29.3 Å². The van der Waals surface area contributed by atoms with Gasteiger partial charge in [-0.15, -0.1) is 0 Å². The monoisotopic (exact) mass is 264 g/mol. The third-order valence-corrected chi connectivity index (χ3v) is 2.98. The molecule has 1 aliphatic rings. The molecule has 1 amide bonds. The van der Waals surface area contributed by atoms with E-state index in [-0.39, 0.29) is 25.1 Å². The summed E-state index contributed by atoms with van der Waals surface area (Å²) in [5.74, 6) is 0.453. The van der Waals surface area contributed by atoms with Crippen LogP contribution in [-0.4, -0.2) is 30.0 Å². The fourth-order valence-corrected chi connectivity index (χ4v) is 1.77. The third kappa shape index (κ3) is 3.38. The van der Waals surface area contributed by atoms with E-state index in [9.17, 15) is 4.79 Å². The summed E-state index contributed by atoms with van der Waals surface area (Å²) >= 11 is 5.75. The minimum atomic E-state index is -0.144. The lowest BCUT2D eigenvalue weighted by Gasteiger charge is -2.18. The summed E-state index contributed by atoms with van der Waals surface area (Å²) in [5, 5.41) is 9.30.